The molecule has 1 aliphatic rings. The molecule has 0 saturated carbocycles. The third kappa shape index (κ3) is 1.16. The molecule has 3 rings (SSSR count). The number of aryl methyl sites for hydroxylation is 1. The molecule has 0 bridgehead atoms. The first kappa shape index (κ1) is 8.80. The van der Waals surface area contributed by atoms with Gasteiger partial charge in [-0.2, -0.15) is 0 Å². The molecule has 1 aliphatic heterocycles. The first-order valence-corrected chi connectivity index (χ1v) is 5.34. The topological polar surface area (TPSA) is 51.2 Å². The van der Waals surface area contributed by atoms with Gasteiger partial charge in [-0.05, 0) is 25.0 Å². The zero-order valence-corrected chi connectivity index (χ0v) is 8.48. The van der Waals surface area contributed by atoms with E-state index in [9.17, 15) is 5.11 Å². The van der Waals surface area contributed by atoms with Gasteiger partial charge >= 0.3 is 0 Å². The first-order valence-electron chi connectivity index (χ1n) is 5.34. The van der Waals surface area contributed by atoms with Gasteiger partial charge in [0.2, 0.25) is 0 Å². The molecule has 1 atom stereocenters. The highest BCUT2D eigenvalue weighted by Gasteiger charge is 2.20. The number of aromatic hydroxyl groups is 1. The molecule has 0 aliphatic carbocycles. The molecule has 0 saturated heterocycles. The zero-order chi connectivity index (χ0) is 10.4. The molecule has 3 heteroatoms. The van der Waals surface area contributed by atoms with Crippen LogP contribution in [0.25, 0.3) is 10.9 Å². The standard InChI is InChI=1S/C12H14N2O/c13-9-4-2-6-14-10(9)7-8-3-1-5-11(15)12(8)14/h1,3,5,7,9,15H,2,4,6,13H2. The molecule has 1 unspecified atom stereocenters. The van der Waals surface area contributed by atoms with Crippen molar-refractivity contribution in [3.8, 4) is 5.75 Å². The summed E-state index contributed by atoms with van der Waals surface area (Å²) in [4.78, 5) is 0. The largest absolute Gasteiger partial charge is 0.506 e. The van der Waals surface area contributed by atoms with Gasteiger partial charge in [0.1, 0.15) is 5.75 Å². The maximum absolute atomic E-state index is 9.84. The second-order valence-corrected chi connectivity index (χ2v) is 4.18. The Morgan fingerprint density at radius 2 is 2.27 bits per heavy atom. The van der Waals surface area contributed by atoms with Crippen LogP contribution in [0.4, 0.5) is 0 Å². The Morgan fingerprint density at radius 1 is 1.40 bits per heavy atom. The Labute approximate surface area is 88.1 Å². The fourth-order valence-electron chi connectivity index (χ4n) is 2.49. The van der Waals surface area contributed by atoms with Crippen molar-refractivity contribution in [1.82, 2.24) is 4.57 Å². The van der Waals surface area contributed by atoms with E-state index >= 15 is 0 Å². The minimum atomic E-state index is 0.116. The Kier molecular flexibility index (Phi) is 1.76. The summed E-state index contributed by atoms with van der Waals surface area (Å²) in [6.45, 7) is 0.962. The minimum absolute atomic E-state index is 0.116. The van der Waals surface area contributed by atoms with Crippen LogP contribution in [0.1, 0.15) is 24.6 Å². The van der Waals surface area contributed by atoms with Crippen LogP contribution in [-0.2, 0) is 6.54 Å². The summed E-state index contributed by atoms with van der Waals surface area (Å²) < 4.78 is 2.15. The van der Waals surface area contributed by atoms with Crippen molar-refractivity contribution in [3.05, 3.63) is 30.0 Å². The highest BCUT2D eigenvalue weighted by atomic mass is 16.3. The number of phenols is 1. The van der Waals surface area contributed by atoms with E-state index in [-0.39, 0.29) is 6.04 Å². The molecule has 2 aromatic rings. The second-order valence-electron chi connectivity index (χ2n) is 4.18. The minimum Gasteiger partial charge on any atom is -0.506 e. The van der Waals surface area contributed by atoms with E-state index in [2.05, 4.69) is 10.6 Å². The number of rotatable bonds is 0. The summed E-state index contributed by atoms with van der Waals surface area (Å²) in [5.41, 5.74) is 8.14. The van der Waals surface area contributed by atoms with E-state index in [1.807, 2.05) is 12.1 Å². The lowest BCUT2D eigenvalue weighted by Crippen LogP contribution is -2.20. The van der Waals surface area contributed by atoms with Crippen LogP contribution in [0, 0.1) is 0 Å². The average molecular weight is 202 g/mol. The summed E-state index contributed by atoms with van der Waals surface area (Å²) in [6.07, 6.45) is 2.13. The number of aromatic nitrogens is 1. The van der Waals surface area contributed by atoms with Gasteiger partial charge in [0.15, 0.2) is 0 Å². The Hall–Kier alpha value is -1.48. The molecule has 0 amide bonds. The van der Waals surface area contributed by atoms with Gasteiger partial charge < -0.3 is 15.4 Å². The van der Waals surface area contributed by atoms with Crippen molar-refractivity contribution in [1.29, 1.82) is 0 Å². The van der Waals surface area contributed by atoms with Gasteiger partial charge in [-0.1, -0.05) is 12.1 Å². The lowest BCUT2D eigenvalue weighted by Gasteiger charge is -2.22. The molecule has 0 radical (unpaired) electrons. The van der Waals surface area contributed by atoms with Crippen molar-refractivity contribution < 1.29 is 5.11 Å². The number of hydrogen-bond donors (Lipinski definition) is 2. The third-order valence-electron chi connectivity index (χ3n) is 3.21. The van der Waals surface area contributed by atoms with Crippen LogP contribution in [0.15, 0.2) is 24.3 Å². The van der Waals surface area contributed by atoms with Gasteiger partial charge in [0, 0.05) is 23.7 Å². The molecule has 2 heterocycles. The molecule has 15 heavy (non-hydrogen) atoms. The van der Waals surface area contributed by atoms with Crippen molar-refractivity contribution in [3.63, 3.8) is 0 Å². The van der Waals surface area contributed by atoms with Crippen LogP contribution in [-0.4, -0.2) is 9.67 Å². The normalized spacial score (nSPS) is 20.5. The summed E-state index contributed by atoms with van der Waals surface area (Å²) in [6, 6.07) is 7.84. The summed E-state index contributed by atoms with van der Waals surface area (Å²) >= 11 is 0. The van der Waals surface area contributed by atoms with E-state index in [0.29, 0.717) is 5.75 Å². The lowest BCUT2D eigenvalue weighted by atomic mass is 10.1. The number of nitrogens with two attached hydrogens (primary N) is 1. The van der Waals surface area contributed by atoms with Crippen molar-refractivity contribution >= 4 is 10.9 Å². The summed E-state index contributed by atoms with van der Waals surface area (Å²) in [5, 5.41) is 10.9. The molecular weight excluding hydrogens is 188 g/mol. The van der Waals surface area contributed by atoms with Crippen molar-refractivity contribution in [2.45, 2.75) is 25.4 Å². The maximum atomic E-state index is 9.84. The van der Waals surface area contributed by atoms with Gasteiger partial charge in [-0.3, -0.25) is 0 Å². The number of hydrogen-bond acceptors (Lipinski definition) is 2. The first-order chi connectivity index (χ1) is 7.27. The molecule has 0 spiro atoms. The van der Waals surface area contributed by atoms with Gasteiger partial charge in [-0.15, -0.1) is 0 Å². The van der Waals surface area contributed by atoms with E-state index in [1.165, 1.54) is 0 Å². The number of benzene rings is 1. The van der Waals surface area contributed by atoms with Crippen LogP contribution in [0.2, 0.25) is 0 Å². The molecule has 0 fully saturated rings. The molecule has 3 nitrogen and oxygen atoms in total. The maximum Gasteiger partial charge on any atom is 0.139 e. The van der Waals surface area contributed by atoms with E-state index in [1.54, 1.807) is 6.07 Å². The van der Waals surface area contributed by atoms with E-state index in [0.717, 1.165) is 36.0 Å². The second kappa shape index (κ2) is 3.00. The predicted octanol–water partition coefficient (Wildman–Crippen LogP) is 2.14. The molecule has 3 N–H and O–H groups in total. The van der Waals surface area contributed by atoms with Crippen molar-refractivity contribution in [2.24, 2.45) is 5.73 Å². The number of para-hydroxylation sites is 1. The highest BCUT2D eigenvalue weighted by Crippen LogP contribution is 2.34. The van der Waals surface area contributed by atoms with Crippen LogP contribution in [0.3, 0.4) is 0 Å². The quantitative estimate of drug-likeness (QED) is 0.687. The SMILES string of the molecule is NC1CCCn2c1cc1cccc(O)c12. The van der Waals surface area contributed by atoms with Gasteiger partial charge in [-0.25, -0.2) is 0 Å². The fourth-order valence-corrected chi connectivity index (χ4v) is 2.49. The average Bonchev–Trinajstić information content (AvgIpc) is 2.59. The third-order valence-corrected chi connectivity index (χ3v) is 3.21. The number of fused-ring (bicyclic) bond motifs is 3. The van der Waals surface area contributed by atoms with Crippen molar-refractivity contribution in [2.75, 3.05) is 0 Å². The monoisotopic (exact) mass is 202 g/mol. The Balaban J connectivity index is 2.36. The van der Waals surface area contributed by atoms with Crippen LogP contribution in [0.5, 0.6) is 5.75 Å². The highest BCUT2D eigenvalue weighted by molar-refractivity contribution is 5.87. The molecule has 1 aromatic heterocycles. The van der Waals surface area contributed by atoms with Crippen LogP contribution >= 0.6 is 0 Å². The summed E-state index contributed by atoms with van der Waals surface area (Å²) in [5.74, 6) is 0.354. The fraction of sp³-hybridized carbons (Fsp3) is 0.333. The number of nitrogens with zero attached hydrogens (tertiary/aromatic N) is 1. The Bertz CT molecular complexity index is 516. The van der Waals surface area contributed by atoms with Crippen LogP contribution < -0.4 is 5.73 Å². The molecule has 78 valence electrons. The summed E-state index contributed by atoms with van der Waals surface area (Å²) in [7, 11) is 0. The lowest BCUT2D eigenvalue weighted by molar-refractivity contribution is 0.454. The van der Waals surface area contributed by atoms with E-state index in [4.69, 9.17) is 5.73 Å². The Morgan fingerprint density at radius 3 is 3.13 bits per heavy atom. The predicted molar refractivity (Wildman–Crippen MR) is 59.8 cm³/mol. The molecular formula is C12H14N2O. The molecule has 1 aromatic carbocycles. The number of phenolic OH excluding ortho intramolecular Hbond substituents is 1. The van der Waals surface area contributed by atoms with Gasteiger partial charge in [0.25, 0.3) is 0 Å². The smallest absolute Gasteiger partial charge is 0.139 e. The van der Waals surface area contributed by atoms with E-state index < -0.39 is 0 Å². The van der Waals surface area contributed by atoms with Gasteiger partial charge in [0.05, 0.1) is 5.52 Å². The zero-order valence-electron chi connectivity index (χ0n) is 8.48.